The van der Waals surface area contributed by atoms with Gasteiger partial charge in [-0.15, -0.1) is 0 Å². The third-order valence-electron chi connectivity index (χ3n) is 3.64. The third-order valence-corrected chi connectivity index (χ3v) is 3.64. The van der Waals surface area contributed by atoms with Crippen LogP contribution in [0, 0.1) is 0 Å². The van der Waals surface area contributed by atoms with Crippen LogP contribution in [0.25, 0.3) is 10.9 Å². The maximum absolute atomic E-state index is 5.61. The van der Waals surface area contributed by atoms with E-state index in [1.165, 1.54) is 0 Å². The number of nitrogens with one attached hydrogen (secondary N) is 2. The summed E-state index contributed by atoms with van der Waals surface area (Å²) in [5, 5.41) is 7.75. The summed E-state index contributed by atoms with van der Waals surface area (Å²) >= 11 is 0. The van der Waals surface area contributed by atoms with Gasteiger partial charge in [-0.3, -0.25) is 0 Å². The lowest BCUT2D eigenvalue weighted by Crippen LogP contribution is -2.27. The molecule has 0 aliphatic carbocycles. The van der Waals surface area contributed by atoms with E-state index < -0.39 is 0 Å². The standard InChI is InChI=1S/C15H20N4O/c1-3-16-15-18-13-7-5-4-6-11(13)14(19-15)17-12-8-9-20-10(12)2/h4-7,10,12H,3,8-9H2,1-2H3,(H2,16,17,18,19). The monoisotopic (exact) mass is 272 g/mol. The van der Waals surface area contributed by atoms with Crippen LogP contribution < -0.4 is 10.6 Å². The molecule has 0 amide bonds. The number of nitrogens with zero attached hydrogens (tertiary/aromatic N) is 2. The molecule has 2 heterocycles. The van der Waals surface area contributed by atoms with Crippen LogP contribution in [0.1, 0.15) is 20.3 Å². The quantitative estimate of drug-likeness (QED) is 0.896. The van der Waals surface area contributed by atoms with E-state index >= 15 is 0 Å². The van der Waals surface area contributed by atoms with Crippen LogP contribution in [-0.4, -0.2) is 35.3 Å². The minimum Gasteiger partial charge on any atom is -0.376 e. The first-order valence-electron chi connectivity index (χ1n) is 7.16. The van der Waals surface area contributed by atoms with Gasteiger partial charge in [0, 0.05) is 18.5 Å². The minimum absolute atomic E-state index is 0.214. The van der Waals surface area contributed by atoms with Crippen LogP contribution in [0.15, 0.2) is 24.3 Å². The fourth-order valence-corrected chi connectivity index (χ4v) is 2.52. The zero-order valence-corrected chi connectivity index (χ0v) is 11.9. The molecule has 0 saturated carbocycles. The van der Waals surface area contributed by atoms with E-state index in [1.807, 2.05) is 31.2 Å². The van der Waals surface area contributed by atoms with E-state index in [0.717, 1.165) is 36.3 Å². The second kappa shape index (κ2) is 5.63. The molecule has 0 radical (unpaired) electrons. The molecule has 2 N–H and O–H groups in total. The van der Waals surface area contributed by atoms with Crippen molar-refractivity contribution in [1.82, 2.24) is 9.97 Å². The van der Waals surface area contributed by atoms with Gasteiger partial charge in [0.25, 0.3) is 0 Å². The number of hydrogen-bond donors (Lipinski definition) is 2. The molecule has 2 unspecified atom stereocenters. The normalized spacial score (nSPS) is 22.1. The number of hydrogen-bond acceptors (Lipinski definition) is 5. The van der Waals surface area contributed by atoms with Crippen LogP contribution in [0.5, 0.6) is 0 Å². The number of rotatable bonds is 4. The summed E-state index contributed by atoms with van der Waals surface area (Å²) in [7, 11) is 0. The molecule has 0 spiro atoms. The topological polar surface area (TPSA) is 59.1 Å². The molecule has 1 aromatic heterocycles. The Morgan fingerprint density at radius 1 is 1.30 bits per heavy atom. The Morgan fingerprint density at radius 3 is 2.90 bits per heavy atom. The molecule has 1 aromatic carbocycles. The summed E-state index contributed by atoms with van der Waals surface area (Å²) in [4.78, 5) is 9.13. The molecule has 106 valence electrons. The van der Waals surface area contributed by atoms with Crippen molar-refractivity contribution in [2.75, 3.05) is 23.8 Å². The van der Waals surface area contributed by atoms with Gasteiger partial charge in [0.2, 0.25) is 5.95 Å². The summed E-state index contributed by atoms with van der Waals surface area (Å²) in [5.74, 6) is 1.55. The zero-order chi connectivity index (χ0) is 13.9. The predicted molar refractivity (Wildman–Crippen MR) is 81.1 cm³/mol. The van der Waals surface area contributed by atoms with Gasteiger partial charge in [-0.1, -0.05) is 12.1 Å². The number of anilines is 2. The average Bonchev–Trinajstić information content (AvgIpc) is 2.85. The van der Waals surface area contributed by atoms with Crippen molar-refractivity contribution in [1.29, 1.82) is 0 Å². The Balaban J connectivity index is 1.98. The van der Waals surface area contributed by atoms with Crippen LogP contribution in [0.4, 0.5) is 11.8 Å². The summed E-state index contributed by atoms with van der Waals surface area (Å²) in [6, 6.07) is 8.38. The highest BCUT2D eigenvalue weighted by atomic mass is 16.5. The first kappa shape index (κ1) is 13.1. The lowest BCUT2D eigenvalue weighted by Gasteiger charge is -2.18. The maximum Gasteiger partial charge on any atom is 0.225 e. The molecular weight excluding hydrogens is 252 g/mol. The van der Waals surface area contributed by atoms with Gasteiger partial charge in [0.15, 0.2) is 0 Å². The smallest absolute Gasteiger partial charge is 0.225 e. The highest BCUT2D eigenvalue weighted by Crippen LogP contribution is 2.25. The first-order valence-corrected chi connectivity index (χ1v) is 7.16. The second-order valence-corrected chi connectivity index (χ2v) is 5.06. The van der Waals surface area contributed by atoms with Crippen LogP contribution >= 0.6 is 0 Å². The molecule has 5 nitrogen and oxygen atoms in total. The Labute approximate surface area is 118 Å². The van der Waals surface area contributed by atoms with E-state index in [2.05, 4.69) is 27.5 Å². The van der Waals surface area contributed by atoms with Gasteiger partial charge >= 0.3 is 0 Å². The lowest BCUT2D eigenvalue weighted by molar-refractivity contribution is 0.121. The van der Waals surface area contributed by atoms with E-state index in [1.54, 1.807) is 0 Å². The Hall–Kier alpha value is -1.88. The van der Waals surface area contributed by atoms with E-state index in [9.17, 15) is 0 Å². The van der Waals surface area contributed by atoms with Gasteiger partial charge in [-0.25, -0.2) is 4.98 Å². The fraction of sp³-hybridized carbons (Fsp3) is 0.467. The molecule has 3 rings (SSSR count). The summed E-state index contributed by atoms with van der Waals surface area (Å²) in [6.45, 7) is 5.75. The number of fused-ring (bicyclic) bond motifs is 1. The SMILES string of the molecule is CCNc1nc(NC2CCOC2C)c2ccccc2n1. The van der Waals surface area contributed by atoms with Gasteiger partial charge in [0.1, 0.15) is 5.82 Å². The summed E-state index contributed by atoms with van der Waals surface area (Å²) in [5.41, 5.74) is 0.951. The number of aromatic nitrogens is 2. The number of ether oxygens (including phenoxy) is 1. The highest BCUT2D eigenvalue weighted by molar-refractivity contribution is 5.90. The van der Waals surface area contributed by atoms with Gasteiger partial charge in [-0.2, -0.15) is 4.98 Å². The molecule has 20 heavy (non-hydrogen) atoms. The van der Waals surface area contributed by atoms with E-state index in [-0.39, 0.29) is 6.10 Å². The molecule has 0 bridgehead atoms. The molecule has 1 aliphatic rings. The Bertz CT molecular complexity index is 601. The highest BCUT2D eigenvalue weighted by Gasteiger charge is 2.25. The zero-order valence-electron chi connectivity index (χ0n) is 11.9. The van der Waals surface area contributed by atoms with Crippen LogP contribution in [0.3, 0.4) is 0 Å². The van der Waals surface area contributed by atoms with Gasteiger partial charge in [-0.05, 0) is 32.4 Å². The molecule has 1 saturated heterocycles. The maximum atomic E-state index is 5.61. The first-order chi connectivity index (χ1) is 9.78. The van der Waals surface area contributed by atoms with Crippen molar-refractivity contribution in [3.63, 3.8) is 0 Å². The van der Waals surface area contributed by atoms with Crippen LogP contribution in [-0.2, 0) is 4.74 Å². The van der Waals surface area contributed by atoms with Crippen molar-refractivity contribution in [3.8, 4) is 0 Å². The summed E-state index contributed by atoms with van der Waals surface area (Å²) in [6.07, 6.45) is 1.22. The molecule has 5 heteroatoms. The van der Waals surface area contributed by atoms with Gasteiger partial charge < -0.3 is 15.4 Å². The predicted octanol–water partition coefficient (Wildman–Crippen LogP) is 2.65. The number of benzene rings is 1. The Morgan fingerprint density at radius 2 is 2.15 bits per heavy atom. The van der Waals surface area contributed by atoms with Crippen molar-refractivity contribution >= 4 is 22.7 Å². The lowest BCUT2D eigenvalue weighted by atomic mass is 10.1. The Kier molecular flexibility index (Phi) is 3.69. The number of para-hydroxylation sites is 1. The van der Waals surface area contributed by atoms with E-state index in [0.29, 0.717) is 12.0 Å². The minimum atomic E-state index is 0.214. The van der Waals surface area contributed by atoms with Crippen molar-refractivity contribution in [2.45, 2.75) is 32.4 Å². The van der Waals surface area contributed by atoms with Gasteiger partial charge in [0.05, 0.1) is 17.7 Å². The van der Waals surface area contributed by atoms with E-state index in [4.69, 9.17) is 4.74 Å². The van der Waals surface area contributed by atoms with Crippen molar-refractivity contribution in [2.24, 2.45) is 0 Å². The fourth-order valence-electron chi connectivity index (χ4n) is 2.52. The molecule has 1 aliphatic heterocycles. The molecule has 2 atom stereocenters. The third kappa shape index (κ3) is 2.54. The second-order valence-electron chi connectivity index (χ2n) is 5.06. The van der Waals surface area contributed by atoms with Crippen molar-refractivity contribution in [3.05, 3.63) is 24.3 Å². The van der Waals surface area contributed by atoms with Crippen molar-refractivity contribution < 1.29 is 4.74 Å². The average molecular weight is 272 g/mol. The summed E-state index contributed by atoms with van der Waals surface area (Å²) < 4.78 is 5.61. The molecule has 1 fully saturated rings. The molecular formula is C15H20N4O. The molecule has 2 aromatic rings. The largest absolute Gasteiger partial charge is 0.376 e. The van der Waals surface area contributed by atoms with Crippen LogP contribution in [0.2, 0.25) is 0 Å².